The first kappa shape index (κ1) is 14.8. The normalized spacial score (nSPS) is 20.6. The maximum absolute atomic E-state index is 13.3. The van der Waals surface area contributed by atoms with Gasteiger partial charge in [0.15, 0.2) is 9.84 Å². The Morgan fingerprint density at radius 3 is 2.70 bits per heavy atom. The molecule has 0 bridgehead atoms. The second kappa shape index (κ2) is 6.21. The number of hydrogen-bond acceptors (Lipinski definition) is 3. The summed E-state index contributed by atoms with van der Waals surface area (Å²) in [5, 5.41) is 5.16. The number of nitrogens with one attached hydrogen (secondary N) is 2. The molecule has 1 aliphatic rings. The molecule has 1 saturated heterocycles. The van der Waals surface area contributed by atoms with Gasteiger partial charge in [0.1, 0.15) is 5.82 Å². The average molecular weight is 300 g/mol. The van der Waals surface area contributed by atoms with Gasteiger partial charge in [-0.25, -0.2) is 17.6 Å². The van der Waals surface area contributed by atoms with Gasteiger partial charge in [-0.15, -0.1) is 0 Å². The van der Waals surface area contributed by atoms with Crippen LogP contribution in [0.25, 0.3) is 0 Å². The predicted octanol–water partition coefficient (Wildman–Crippen LogP) is 1.06. The van der Waals surface area contributed by atoms with Gasteiger partial charge in [0.25, 0.3) is 0 Å². The molecule has 1 aromatic rings. The number of carbonyl (C=O) groups is 1. The Labute approximate surface area is 117 Å². The van der Waals surface area contributed by atoms with Gasteiger partial charge in [0.2, 0.25) is 0 Å². The van der Waals surface area contributed by atoms with Crippen LogP contribution >= 0.6 is 0 Å². The highest BCUT2D eigenvalue weighted by Crippen LogP contribution is 2.17. The highest BCUT2D eigenvalue weighted by molar-refractivity contribution is 7.91. The van der Waals surface area contributed by atoms with Crippen LogP contribution in [0.1, 0.15) is 12.0 Å². The summed E-state index contributed by atoms with van der Waals surface area (Å²) in [6, 6.07) is 5.79. The molecule has 0 aromatic heterocycles. The molecule has 1 aliphatic heterocycles. The summed E-state index contributed by atoms with van der Waals surface area (Å²) >= 11 is 0. The third kappa shape index (κ3) is 4.19. The molecule has 0 saturated carbocycles. The van der Waals surface area contributed by atoms with E-state index in [-0.39, 0.29) is 29.8 Å². The summed E-state index contributed by atoms with van der Waals surface area (Å²) in [5.74, 6) is -0.0783. The maximum atomic E-state index is 13.3. The highest BCUT2D eigenvalue weighted by atomic mass is 32.2. The van der Waals surface area contributed by atoms with E-state index in [1.54, 1.807) is 18.2 Å². The second-order valence-corrected chi connectivity index (χ2v) is 7.15. The van der Waals surface area contributed by atoms with Crippen LogP contribution in [0.15, 0.2) is 24.3 Å². The molecule has 1 aromatic carbocycles. The van der Waals surface area contributed by atoms with Crippen LogP contribution in [0.2, 0.25) is 0 Å². The molecule has 1 atom stereocenters. The zero-order valence-corrected chi connectivity index (χ0v) is 11.7. The Morgan fingerprint density at radius 1 is 1.30 bits per heavy atom. The monoisotopic (exact) mass is 300 g/mol. The van der Waals surface area contributed by atoms with E-state index in [0.717, 1.165) is 0 Å². The minimum absolute atomic E-state index is 0.0285. The Morgan fingerprint density at radius 2 is 2.05 bits per heavy atom. The van der Waals surface area contributed by atoms with Gasteiger partial charge >= 0.3 is 6.03 Å². The van der Waals surface area contributed by atoms with Crippen molar-refractivity contribution in [3.63, 3.8) is 0 Å². The Kier molecular flexibility index (Phi) is 4.59. The minimum Gasteiger partial charge on any atom is -0.338 e. The van der Waals surface area contributed by atoms with E-state index < -0.39 is 15.9 Å². The van der Waals surface area contributed by atoms with Crippen molar-refractivity contribution in [2.24, 2.45) is 5.92 Å². The quantitative estimate of drug-likeness (QED) is 0.873. The Hall–Kier alpha value is -1.63. The van der Waals surface area contributed by atoms with Gasteiger partial charge in [0.05, 0.1) is 11.5 Å². The molecule has 0 aliphatic carbocycles. The SMILES string of the molecule is O=C(NCc1ccccc1F)NCC1CCS(=O)(=O)C1. The zero-order chi connectivity index (χ0) is 14.6. The molecule has 2 N–H and O–H groups in total. The van der Waals surface area contributed by atoms with E-state index in [4.69, 9.17) is 0 Å². The number of rotatable bonds is 4. The van der Waals surface area contributed by atoms with E-state index in [2.05, 4.69) is 10.6 Å². The molecular weight excluding hydrogens is 283 g/mol. The standard InChI is InChI=1S/C13H17FN2O3S/c14-12-4-2-1-3-11(12)8-16-13(17)15-7-10-5-6-20(18,19)9-10/h1-4,10H,5-9H2,(H2,15,16,17). The number of sulfone groups is 1. The first-order valence-electron chi connectivity index (χ1n) is 6.42. The Bertz CT molecular complexity index is 589. The molecule has 7 heteroatoms. The van der Waals surface area contributed by atoms with Gasteiger partial charge < -0.3 is 10.6 Å². The number of urea groups is 1. The highest BCUT2D eigenvalue weighted by Gasteiger charge is 2.27. The van der Waals surface area contributed by atoms with E-state index in [1.807, 2.05) is 0 Å². The van der Waals surface area contributed by atoms with Crippen molar-refractivity contribution in [3.05, 3.63) is 35.6 Å². The van der Waals surface area contributed by atoms with Crippen LogP contribution in [0.3, 0.4) is 0 Å². The van der Waals surface area contributed by atoms with Gasteiger partial charge in [-0.05, 0) is 18.4 Å². The number of amides is 2. The zero-order valence-electron chi connectivity index (χ0n) is 10.9. The summed E-state index contributed by atoms with van der Waals surface area (Å²) in [7, 11) is -2.93. The van der Waals surface area contributed by atoms with E-state index in [9.17, 15) is 17.6 Å². The number of hydrogen-bond donors (Lipinski definition) is 2. The Balaban J connectivity index is 1.73. The van der Waals surface area contributed by atoms with Crippen molar-refractivity contribution in [2.45, 2.75) is 13.0 Å². The lowest BCUT2D eigenvalue weighted by atomic mass is 10.1. The van der Waals surface area contributed by atoms with Crippen LogP contribution in [0, 0.1) is 11.7 Å². The molecule has 1 heterocycles. The minimum atomic E-state index is -2.93. The summed E-state index contributed by atoms with van der Waals surface area (Å²) < 4.78 is 35.8. The van der Waals surface area contributed by atoms with Gasteiger partial charge in [0, 0.05) is 18.7 Å². The fourth-order valence-electron chi connectivity index (χ4n) is 2.15. The average Bonchev–Trinajstić information content (AvgIpc) is 2.75. The molecule has 1 unspecified atom stereocenters. The molecule has 2 amide bonds. The van der Waals surface area contributed by atoms with Crippen LogP contribution in [0.5, 0.6) is 0 Å². The fraction of sp³-hybridized carbons (Fsp3) is 0.462. The molecule has 2 rings (SSSR count). The van der Waals surface area contributed by atoms with Gasteiger partial charge in [-0.2, -0.15) is 0 Å². The number of carbonyl (C=O) groups excluding carboxylic acids is 1. The maximum Gasteiger partial charge on any atom is 0.315 e. The molecule has 0 spiro atoms. The molecule has 5 nitrogen and oxygen atoms in total. The topological polar surface area (TPSA) is 75.3 Å². The first-order valence-corrected chi connectivity index (χ1v) is 8.24. The molecule has 1 fully saturated rings. The van der Waals surface area contributed by atoms with Crippen LogP contribution in [-0.2, 0) is 16.4 Å². The predicted molar refractivity (Wildman–Crippen MR) is 73.4 cm³/mol. The lowest BCUT2D eigenvalue weighted by Crippen LogP contribution is -2.38. The molecular formula is C13H17FN2O3S. The first-order chi connectivity index (χ1) is 9.46. The third-order valence-corrected chi connectivity index (χ3v) is 5.11. The molecule has 110 valence electrons. The second-order valence-electron chi connectivity index (χ2n) is 4.92. The van der Waals surface area contributed by atoms with Crippen molar-refractivity contribution in [2.75, 3.05) is 18.1 Å². The van der Waals surface area contributed by atoms with E-state index in [1.165, 1.54) is 6.07 Å². The lowest BCUT2D eigenvalue weighted by Gasteiger charge is -2.11. The van der Waals surface area contributed by atoms with Crippen molar-refractivity contribution in [3.8, 4) is 0 Å². The smallest absolute Gasteiger partial charge is 0.315 e. The van der Waals surface area contributed by atoms with Crippen LogP contribution in [0.4, 0.5) is 9.18 Å². The van der Waals surface area contributed by atoms with E-state index >= 15 is 0 Å². The van der Waals surface area contributed by atoms with Gasteiger partial charge in [-0.3, -0.25) is 0 Å². The largest absolute Gasteiger partial charge is 0.338 e. The lowest BCUT2D eigenvalue weighted by molar-refractivity contribution is 0.239. The van der Waals surface area contributed by atoms with Crippen molar-refractivity contribution >= 4 is 15.9 Å². The number of benzene rings is 1. The fourth-order valence-corrected chi connectivity index (χ4v) is 4.01. The molecule has 0 radical (unpaired) electrons. The van der Waals surface area contributed by atoms with E-state index in [0.29, 0.717) is 18.5 Å². The summed E-state index contributed by atoms with van der Waals surface area (Å²) in [6.07, 6.45) is 0.579. The van der Waals surface area contributed by atoms with Crippen LogP contribution < -0.4 is 10.6 Å². The van der Waals surface area contributed by atoms with Crippen molar-refractivity contribution in [1.29, 1.82) is 0 Å². The van der Waals surface area contributed by atoms with Crippen molar-refractivity contribution < 1.29 is 17.6 Å². The van der Waals surface area contributed by atoms with Crippen LogP contribution in [-0.4, -0.2) is 32.5 Å². The van der Waals surface area contributed by atoms with Gasteiger partial charge in [-0.1, -0.05) is 18.2 Å². The number of halogens is 1. The third-order valence-electron chi connectivity index (χ3n) is 3.28. The summed E-state index contributed by atoms with van der Waals surface area (Å²) in [6.45, 7) is 0.420. The van der Waals surface area contributed by atoms with Crippen molar-refractivity contribution in [1.82, 2.24) is 10.6 Å². The summed E-state index contributed by atoms with van der Waals surface area (Å²) in [4.78, 5) is 11.6. The molecule has 20 heavy (non-hydrogen) atoms. The summed E-state index contributed by atoms with van der Waals surface area (Å²) in [5.41, 5.74) is 0.408.